The Morgan fingerprint density at radius 3 is 0.510 bits per heavy atom. The van der Waals surface area contributed by atoms with E-state index in [1.165, 1.54) is 0 Å². The maximum atomic E-state index is 13.3. The number of rotatable bonds is 54. The van der Waals surface area contributed by atoms with Crippen LogP contribution in [0.1, 0.15) is 0 Å². The minimum absolute atomic E-state index is 0.220. The van der Waals surface area contributed by atoms with Crippen LogP contribution in [0.15, 0.2) is 0 Å². The maximum Gasteiger partial charge on any atom is 0.399 e. The van der Waals surface area contributed by atoms with Crippen molar-refractivity contribution in [2.45, 2.75) is 184 Å². The summed E-state index contributed by atoms with van der Waals surface area (Å²) in [4.78, 5) is 0. The Kier molecular flexibility index (Phi) is 42.4. The van der Waals surface area contributed by atoms with E-state index >= 15 is 0 Å². The Morgan fingerprint density at radius 2 is 0.301 bits per heavy atom. The standard InChI is InChI=1S/C36H62O88S19/c1-94-30-23(117-136(70,71)72)17(105-34-27(121-140(82,83)84)21(115-134(64,65)66)16(112-131(55,56)57)11(104-34)6-99-126(40,41)42)12(108-127(43,44)45)7(100-30)2-96-32-25(119-138(76,77)78)19(113-132(58,59)60)14(110-129(49,50)51)9(102-32)4-95-31-24(118-137(73,74)75)18(106-35-28(122-141(85,86)87)22(116-135(67,68)69)29(123-142(88,89)90)36(107-35)124-143(91,92)93)13(109-128(46,47)48)8(101-31)3-97-33-26(120-139(79,80)81)20(114-133(61,62)63)15(111-130(52,53)54)10(103-33)5-98-125(37,38)39/h7-36H,2-6H2,1H3,(H,37,38,39)(H,40,41,42)(H,43,44,45)(H,46,47,48)(H,49,50,51)(H,52,53,54)(H,55,56,57)(H,58,59,60)(H,61,62,63)(H,64,65,66)(H,67,68,69)(H,70,71,72)(H,73,74,75)(H,76,77,78)(H,79,80,81)(H,82,83,84)(H,85,86,87)(H,88,89,90)(H,91,92,93)/t7-,8-,9-,10-,11-,12-,13-,14-,15-,16-,17+,18+,19+,20+,21+,22-,23-,24-,25-,26-,27-,28-,29+,30+,31-,32-,33-,34+,35-,36-/m1/s1. The van der Waals surface area contributed by atoms with Gasteiger partial charge in [0.25, 0.3) is 0 Å². The highest BCUT2D eigenvalue weighted by Crippen LogP contribution is 2.44. The van der Waals surface area contributed by atoms with E-state index in [2.05, 4.69) is 79.5 Å². The minimum Gasteiger partial charge on any atom is -0.353 e. The predicted molar refractivity (Wildman–Crippen MR) is 397 cm³/mol. The molecule has 107 heteroatoms. The summed E-state index contributed by atoms with van der Waals surface area (Å²) in [6, 6.07) is 0. The van der Waals surface area contributed by atoms with E-state index in [9.17, 15) is 246 Å². The molecule has 0 radical (unpaired) electrons. The van der Waals surface area contributed by atoms with Crippen molar-refractivity contribution in [3.05, 3.63) is 0 Å². The fourth-order valence-electron chi connectivity index (χ4n) is 12.3. The van der Waals surface area contributed by atoms with Gasteiger partial charge in [0, 0.05) is 7.11 Å². The zero-order chi connectivity index (χ0) is 110. The predicted octanol–water partition coefficient (Wildman–Crippen LogP) is -16.8. The molecule has 0 bridgehead atoms. The highest BCUT2D eigenvalue weighted by Gasteiger charge is 2.65. The van der Waals surface area contributed by atoms with E-state index in [1.807, 2.05) is 0 Å². The molecule has 0 aromatic heterocycles. The van der Waals surface area contributed by atoms with Gasteiger partial charge >= 0.3 is 198 Å². The summed E-state index contributed by atoms with van der Waals surface area (Å²) in [6.07, 6.45) is -115. The summed E-state index contributed by atoms with van der Waals surface area (Å²) in [6.45, 7) is -12.4. The Morgan fingerprint density at radius 1 is 0.154 bits per heavy atom. The molecule has 6 aliphatic heterocycles. The average molecular weight is 2510 g/mol. The second kappa shape index (κ2) is 47.2. The molecule has 6 aliphatic rings. The molecule has 143 heavy (non-hydrogen) atoms. The van der Waals surface area contributed by atoms with Gasteiger partial charge in [-0.25, -0.2) is 79.5 Å². The molecular formula is C36H62O88S19. The topological polar surface area (TPSA) is 1320 Å². The Bertz CT molecular complexity index is 6830. The maximum absolute atomic E-state index is 13.3. The van der Waals surface area contributed by atoms with E-state index in [0.29, 0.717) is 0 Å². The van der Waals surface area contributed by atoms with Gasteiger partial charge in [0.05, 0.1) is 33.0 Å². The van der Waals surface area contributed by atoms with Gasteiger partial charge in [-0.15, -0.1) is 0 Å². The fourth-order valence-corrected chi connectivity index (χ4v) is 21.3. The minimum atomic E-state index is -7.09. The van der Waals surface area contributed by atoms with Gasteiger partial charge < -0.3 is 56.8 Å². The summed E-state index contributed by atoms with van der Waals surface area (Å²) in [5.41, 5.74) is 0. The van der Waals surface area contributed by atoms with Crippen molar-refractivity contribution in [1.82, 2.24) is 0 Å². The van der Waals surface area contributed by atoms with Crippen LogP contribution in [0.25, 0.3) is 0 Å². The van der Waals surface area contributed by atoms with E-state index in [-0.39, 0.29) is 7.11 Å². The molecule has 848 valence electrons. The zero-order valence-electron chi connectivity index (χ0n) is 66.3. The van der Waals surface area contributed by atoms with E-state index in [0.717, 1.165) is 0 Å². The van der Waals surface area contributed by atoms with Crippen molar-refractivity contribution >= 4 is 198 Å². The van der Waals surface area contributed by atoms with Crippen LogP contribution in [0.4, 0.5) is 0 Å². The quantitative estimate of drug-likeness (QED) is 0.0251. The van der Waals surface area contributed by atoms with Crippen LogP contribution in [0.3, 0.4) is 0 Å². The molecule has 0 saturated carbocycles. The smallest absolute Gasteiger partial charge is 0.353 e. The van der Waals surface area contributed by atoms with Crippen LogP contribution in [0.2, 0.25) is 0 Å². The van der Waals surface area contributed by atoms with Crippen molar-refractivity contribution < 1.29 is 383 Å². The molecule has 6 heterocycles. The van der Waals surface area contributed by atoms with E-state index in [4.69, 9.17) is 56.8 Å². The third kappa shape index (κ3) is 45.7. The first-order valence-electron chi connectivity index (χ1n) is 33.6. The van der Waals surface area contributed by atoms with Crippen molar-refractivity contribution in [1.29, 1.82) is 0 Å². The molecule has 0 aromatic carbocycles. The monoisotopic (exact) mass is 2510 g/mol. The first kappa shape index (κ1) is 129. The molecule has 0 aromatic rings. The fraction of sp³-hybridized carbons (Fsp3) is 1.00. The molecule has 0 amide bonds. The van der Waals surface area contributed by atoms with E-state index < -0.39 is 415 Å². The Hall–Kier alpha value is -2.95. The molecule has 0 aliphatic carbocycles. The van der Waals surface area contributed by atoms with Gasteiger partial charge in [0.1, 0.15) is 97.7 Å². The van der Waals surface area contributed by atoms with Gasteiger partial charge in [-0.2, -0.15) is 160 Å². The van der Waals surface area contributed by atoms with Crippen LogP contribution in [-0.2, 0) is 334 Å². The van der Waals surface area contributed by atoms with Crippen molar-refractivity contribution in [2.24, 2.45) is 0 Å². The average Bonchev–Trinajstić information content (AvgIpc) is 0.754. The normalized spacial score (nSPS) is 33.5. The van der Waals surface area contributed by atoms with Crippen LogP contribution in [0.5, 0.6) is 0 Å². The Labute approximate surface area is 799 Å². The van der Waals surface area contributed by atoms with Crippen molar-refractivity contribution in [3.63, 3.8) is 0 Å². The molecule has 19 N–H and O–H groups in total. The van der Waals surface area contributed by atoms with Crippen molar-refractivity contribution in [3.8, 4) is 0 Å². The number of hydrogen-bond donors (Lipinski definition) is 19. The van der Waals surface area contributed by atoms with E-state index in [1.54, 1.807) is 0 Å². The van der Waals surface area contributed by atoms with Gasteiger partial charge in [-0.3, -0.25) is 86.5 Å². The van der Waals surface area contributed by atoms with Gasteiger partial charge in [-0.05, 0) is 0 Å². The van der Waals surface area contributed by atoms with Crippen LogP contribution in [-0.4, -0.2) is 471 Å². The highest BCUT2D eigenvalue weighted by molar-refractivity contribution is 7.85. The zero-order valence-corrected chi connectivity index (χ0v) is 81.8. The largest absolute Gasteiger partial charge is 0.399 e. The molecule has 30 atom stereocenters. The Balaban J connectivity index is 1.74. The first-order chi connectivity index (χ1) is 63.6. The third-order valence-electron chi connectivity index (χ3n) is 16.2. The molecule has 6 fully saturated rings. The van der Waals surface area contributed by atoms with Crippen LogP contribution in [0, 0.1) is 0 Å². The third-order valence-corrected chi connectivity index (χ3v) is 24.9. The SMILES string of the molecule is CO[C@H]1O[C@H](CO[C@@H]2O[C@H](CO[C@@H]3O[C@H](CO[C@@H]4O[C@H](COS(=O)(=O)O)[C@@H](OS(=O)(=O)O)[C@H](OS(=O)(=O)O)[C@H]4OS(=O)(=O)O)[C@@H](OS(=O)(=O)O)[C@H](O[C@@H]4O[C@H](OS(=O)(=O)O)[C@@H](OS(=O)(=O)O)[C@H](OS(=O)(=O)O)[C@H]4OS(=O)(=O)O)[C@H]3OS(=O)(=O)O)[C@@H](OS(=O)(=O)O)[C@H](OS(=O)(=O)O)[C@H]2OS(=O)(=O)O)[C@@H](OS(=O)(=O)O)[C@H](O[C@@H]2O[C@H](COS(=O)(=O)O)[C@@H](OS(=O)(=O)O)[C@H](OS(=O)(=O)O)[C@H]2OS(=O)(=O)O)[C@H]1OS(=O)(=O)O. The summed E-state index contributed by atoms with van der Waals surface area (Å²) < 4.78 is 809. The molecule has 0 unspecified atom stereocenters. The van der Waals surface area contributed by atoms with Crippen LogP contribution >= 0.6 is 0 Å². The van der Waals surface area contributed by atoms with Crippen LogP contribution < -0.4 is 0 Å². The lowest BCUT2D eigenvalue weighted by molar-refractivity contribution is -0.372. The lowest BCUT2D eigenvalue weighted by Crippen LogP contribution is -2.68. The molecule has 0 spiro atoms. The number of methoxy groups -OCH3 is 1. The molecule has 6 saturated heterocycles. The number of ether oxygens (including phenoxy) is 12. The highest BCUT2D eigenvalue weighted by atomic mass is 32.3. The van der Waals surface area contributed by atoms with Gasteiger partial charge in [0.15, 0.2) is 80.5 Å². The van der Waals surface area contributed by atoms with Crippen molar-refractivity contribution in [2.75, 3.05) is 40.1 Å². The first-order valence-corrected chi connectivity index (χ1v) is 59.5. The van der Waals surface area contributed by atoms with Gasteiger partial charge in [-0.1, -0.05) is 0 Å². The molecule has 88 nitrogen and oxygen atoms in total. The van der Waals surface area contributed by atoms with Gasteiger partial charge in [0.2, 0.25) is 6.29 Å². The second-order valence-electron chi connectivity index (χ2n) is 26.3. The summed E-state index contributed by atoms with van der Waals surface area (Å²) in [5.74, 6) is 0. The number of hydrogen-bond acceptors (Lipinski definition) is 69. The lowest BCUT2D eigenvalue weighted by Gasteiger charge is -2.49. The summed E-state index contributed by atoms with van der Waals surface area (Å²) in [5, 5.41) is 0. The summed E-state index contributed by atoms with van der Waals surface area (Å²) >= 11 is 0. The second-order valence-corrected chi connectivity index (χ2v) is 46.3. The molecule has 6 rings (SSSR count). The molecular weight excluding hydrogens is 2450 g/mol. The summed E-state index contributed by atoms with van der Waals surface area (Å²) in [7, 11) is -127. The lowest BCUT2D eigenvalue weighted by atomic mass is 9.96.